The van der Waals surface area contributed by atoms with Crippen LogP contribution in [-0.4, -0.2) is 157 Å². The summed E-state index contributed by atoms with van der Waals surface area (Å²) in [7, 11) is 0. The number of carboxylic acids is 5. The minimum absolute atomic E-state index is 0.0141. The maximum absolute atomic E-state index is 13.3. The predicted molar refractivity (Wildman–Crippen MR) is 200 cm³/mol. The fourth-order valence-electron chi connectivity index (χ4n) is 5.05. The van der Waals surface area contributed by atoms with Gasteiger partial charge in [-0.05, 0) is 31.1 Å². The van der Waals surface area contributed by atoms with E-state index in [-0.39, 0.29) is 12.3 Å². The molecule has 0 unspecified atom stereocenters. The molecule has 0 saturated carbocycles. The van der Waals surface area contributed by atoms with Crippen LogP contribution in [0, 0.1) is 11.8 Å². The standard InChI is InChI=1S/C34H54N8O18/c1-14(2)9-16(35)28(53)38-17(5-7-23(45)46)30(55)41-21(13-43)29(54)36-12-22(44)37-19(10-25(49)50)32(57)39-18(6-8-24(47)48)31(56)42-27(15(3)4)33(58)40-20(34(59)60)11-26(51)52/h14-21,27,43H,5-13,35H2,1-4H3,(H,36,54)(H,37,44)(H,38,53)(H,39,57)(H,40,58)(H,41,55)(H,42,56)(H,45,46)(H,47,48)(H,49,50)(H,51,52)(H,59,60)/t16-,17-,18-,19-,20-,21-,27-/m0/s1. The molecule has 0 aliphatic carbocycles. The van der Waals surface area contributed by atoms with Gasteiger partial charge in [0.25, 0.3) is 0 Å². The van der Waals surface area contributed by atoms with Crippen molar-refractivity contribution >= 4 is 71.2 Å². The predicted octanol–water partition coefficient (Wildman–Crippen LogP) is -5.20. The lowest BCUT2D eigenvalue weighted by molar-refractivity contribution is -0.147. The molecule has 0 spiro atoms. The van der Waals surface area contributed by atoms with Crippen LogP contribution in [0.25, 0.3) is 0 Å². The Morgan fingerprint density at radius 1 is 0.500 bits per heavy atom. The molecule has 0 bridgehead atoms. The van der Waals surface area contributed by atoms with Gasteiger partial charge in [0, 0.05) is 12.8 Å². The Balaban J connectivity index is 5.94. The lowest BCUT2D eigenvalue weighted by atomic mass is 10.0. The Hall–Kier alpha value is -6.44. The third-order valence-corrected chi connectivity index (χ3v) is 8.13. The van der Waals surface area contributed by atoms with Crippen LogP contribution in [0.5, 0.6) is 0 Å². The molecule has 0 rings (SSSR count). The number of carboxylic acid groups (broad SMARTS) is 5. The SMILES string of the molecule is CC(C)C[C@H](N)C(=O)N[C@@H](CCC(=O)O)C(=O)N[C@@H](CO)C(=O)NCC(=O)N[C@@H](CC(=O)O)C(=O)N[C@@H](CCC(=O)O)C(=O)N[C@H](C(=O)N[C@@H](CC(=O)O)C(=O)O)C(C)C. The summed E-state index contributed by atoms with van der Waals surface area (Å²) in [5.74, 6) is -16.6. The van der Waals surface area contributed by atoms with Crippen molar-refractivity contribution in [1.29, 1.82) is 0 Å². The zero-order valence-electron chi connectivity index (χ0n) is 33.2. The van der Waals surface area contributed by atoms with Crippen molar-refractivity contribution in [2.75, 3.05) is 13.2 Å². The van der Waals surface area contributed by atoms with Crippen molar-refractivity contribution in [2.45, 2.75) is 115 Å². The van der Waals surface area contributed by atoms with Crippen LogP contribution in [0.2, 0.25) is 0 Å². The molecule has 338 valence electrons. The fraction of sp³-hybridized carbons (Fsp3) is 0.647. The van der Waals surface area contributed by atoms with Gasteiger partial charge in [-0.2, -0.15) is 0 Å². The number of amides is 7. The average molecular weight is 863 g/mol. The fourth-order valence-corrected chi connectivity index (χ4v) is 5.05. The quantitative estimate of drug-likeness (QED) is 0.0334. The molecule has 7 amide bonds. The lowest BCUT2D eigenvalue weighted by Gasteiger charge is -2.27. The van der Waals surface area contributed by atoms with Crippen LogP contribution in [0.4, 0.5) is 0 Å². The van der Waals surface area contributed by atoms with Gasteiger partial charge in [-0.3, -0.25) is 52.7 Å². The molecule has 0 radical (unpaired) electrons. The van der Waals surface area contributed by atoms with Crippen LogP contribution in [0.15, 0.2) is 0 Å². The van der Waals surface area contributed by atoms with E-state index in [9.17, 15) is 78.0 Å². The van der Waals surface area contributed by atoms with E-state index in [1.165, 1.54) is 13.8 Å². The molecule has 0 heterocycles. The second kappa shape index (κ2) is 26.5. The van der Waals surface area contributed by atoms with Gasteiger partial charge in [0.05, 0.1) is 32.0 Å². The molecular weight excluding hydrogens is 808 g/mol. The molecule has 0 aromatic rings. The van der Waals surface area contributed by atoms with Gasteiger partial charge in [0.15, 0.2) is 0 Å². The van der Waals surface area contributed by atoms with Crippen LogP contribution in [0.3, 0.4) is 0 Å². The van der Waals surface area contributed by atoms with E-state index in [0.717, 1.165) is 0 Å². The topological polar surface area (TPSA) is 436 Å². The highest BCUT2D eigenvalue weighted by Crippen LogP contribution is 2.09. The maximum atomic E-state index is 13.3. The van der Waals surface area contributed by atoms with E-state index >= 15 is 0 Å². The number of nitrogens with one attached hydrogen (secondary N) is 7. The van der Waals surface area contributed by atoms with Crippen molar-refractivity contribution in [3.05, 3.63) is 0 Å². The van der Waals surface area contributed by atoms with Gasteiger partial charge in [-0.25, -0.2) is 4.79 Å². The third-order valence-electron chi connectivity index (χ3n) is 8.13. The molecule has 0 saturated heterocycles. The van der Waals surface area contributed by atoms with E-state index in [0.29, 0.717) is 0 Å². The number of aliphatic hydroxyl groups excluding tert-OH is 1. The molecular formula is C34H54N8O18. The summed E-state index contributed by atoms with van der Waals surface area (Å²) >= 11 is 0. The van der Waals surface area contributed by atoms with Crippen LogP contribution in [0.1, 0.15) is 72.6 Å². The molecule has 26 nitrogen and oxygen atoms in total. The monoisotopic (exact) mass is 862 g/mol. The first kappa shape index (κ1) is 53.6. The van der Waals surface area contributed by atoms with Gasteiger partial charge in [-0.1, -0.05) is 27.7 Å². The summed E-state index contributed by atoms with van der Waals surface area (Å²) in [4.78, 5) is 147. The number of aliphatic carboxylic acids is 5. The summed E-state index contributed by atoms with van der Waals surface area (Å²) in [6.45, 7) is 4.29. The summed E-state index contributed by atoms with van der Waals surface area (Å²) in [6, 6.07) is -11.6. The van der Waals surface area contributed by atoms with Gasteiger partial charge in [0.2, 0.25) is 41.4 Å². The van der Waals surface area contributed by atoms with Crippen molar-refractivity contribution in [1.82, 2.24) is 37.2 Å². The molecule has 0 aromatic heterocycles. The normalized spacial score (nSPS) is 14.4. The first-order valence-electron chi connectivity index (χ1n) is 18.3. The largest absolute Gasteiger partial charge is 0.481 e. The van der Waals surface area contributed by atoms with E-state index in [1.54, 1.807) is 13.8 Å². The molecule has 26 heteroatoms. The first-order valence-corrected chi connectivity index (χ1v) is 18.3. The second-order valence-corrected chi connectivity index (χ2v) is 14.1. The first-order chi connectivity index (χ1) is 27.8. The minimum Gasteiger partial charge on any atom is -0.481 e. The van der Waals surface area contributed by atoms with Crippen LogP contribution in [-0.2, 0) is 57.5 Å². The Bertz CT molecular complexity index is 1600. The number of hydrogen-bond donors (Lipinski definition) is 14. The number of carbonyl (C=O) groups is 12. The van der Waals surface area contributed by atoms with E-state index < -0.39 is 171 Å². The molecule has 15 N–H and O–H groups in total. The van der Waals surface area contributed by atoms with E-state index in [2.05, 4.69) is 21.3 Å². The highest BCUT2D eigenvalue weighted by atomic mass is 16.4. The molecule has 7 atom stereocenters. The Morgan fingerprint density at radius 2 is 0.933 bits per heavy atom. The molecule has 0 aliphatic rings. The number of rotatable bonds is 29. The second-order valence-electron chi connectivity index (χ2n) is 14.1. The lowest BCUT2D eigenvalue weighted by Crippen LogP contribution is -2.59. The number of carbonyl (C=O) groups excluding carboxylic acids is 7. The van der Waals surface area contributed by atoms with Crippen molar-refractivity contribution in [2.24, 2.45) is 17.6 Å². The Morgan fingerprint density at radius 3 is 1.37 bits per heavy atom. The van der Waals surface area contributed by atoms with Gasteiger partial charge in [-0.15, -0.1) is 0 Å². The van der Waals surface area contributed by atoms with Crippen LogP contribution < -0.4 is 43.0 Å². The summed E-state index contributed by atoms with van der Waals surface area (Å²) in [5, 5.41) is 70.4. The minimum atomic E-state index is -1.99. The zero-order valence-corrected chi connectivity index (χ0v) is 33.2. The highest BCUT2D eigenvalue weighted by molar-refractivity contribution is 5.98. The highest BCUT2D eigenvalue weighted by Gasteiger charge is 2.34. The molecule has 0 fully saturated rings. The van der Waals surface area contributed by atoms with Gasteiger partial charge in [0.1, 0.15) is 36.3 Å². The molecule has 0 aliphatic heterocycles. The van der Waals surface area contributed by atoms with Crippen molar-refractivity contribution < 1.29 is 88.2 Å². The van der Waals surface area contributed by atoms with E-state index in [1.807, 2.05) is 16.0 Å². The zero-order chi connectivity index (χ0) is 46.4. The number of hydrogen-bond acceptors (Lipinski definition) is 14. The van der Waals surface area contributed by atoms with Crippen LogP contribution >= 0.6 is 0 Å². The molecule has 60 heavy (non-hydrogen) atoms. The smallest absolute Gasteiger partial charge is 0.326 e. The summed E-state index contributed by atoms with van der Waals surface area (Å²) in [5.41, 5.74) is 5.83. The van der Waals surface area contributed by atoms with Gasteiger partial charge >= 0.3 is 29.8 Å². The molecule has 0 aromatic carbocycles. The average Bonchev–Trinajstić information content (AvgIpc) is 3.12. The van der Waals surface area contributed by atoms with Crippen molar-refractivity contribution in [3.8, 4) is 0 Å². The third kappa shape index (κ3) is 21.4. The number of aliphatic hydroxyl groups is 1. The maximum Gasteiger partial charge on any atom is 0.326 e. The number of nitrogens with two attached hydrogens (primary N) is 1. The Labute approximate surface area is 342 Å². The van der Waals surface area contributed by atoms with Gasteiger partial charge < -0.3 is 73.6 Å². The Kier molecular flexibility index (Phi) is 23.7. The van der Waals surface area contributed by atoms with Crippen molar-refractivity contribution in [3.63, 3.8) is 0 Å². The van der Waals surface area contributed by atoms with E-state index in [4.69, 9.17) is 15.9 Å². The summed E-state index contributed by atoms with van der Waals surface area (Å²) in [6.07, 6.45) is -4.39. The summed E-state index contributed by atoms with van der Waals surface area (Å²) < 4.78 is 0.